The van der Waals surface area contributed by atoms with E-state index in [0.717, 1.165) is 35.4 Å². The van der Waals surface area contributed by atoms with Crippen LogP contribution in [0.25, 0.3) is 0 Å². The molecule has 0 amide bonds. The number of hydrogen-bond donors (Lipinski definition) is 1. The fraction of sp³-hybridized carbons (Fsp3) is 0.217. The molecule has 0 spiro atoms. The van der Waals surface area contributed by atoms with Gasteiger partial charge in [0.1, 0.15) is 0 Å². The second kappa shape index (κ2) is 9.01. The van der Waals surface area contributed by atoms with Crippen LogP contribution in [-0.4, -0.2) is 5.01 Å². The lowest BCUT2D eigenvalue weighted by Crippen LogP contribution is -2.29. The fourth-order valence-electron chi connectivity index (χ4n) is 2.98. The highest BCUT2D eigenvalue weighted by Crippen LogP contribution is 2.31. The van der Waals surface area contributed by atoms with Crippen molar-refractivity contribution in [3.8, 4) is 0 Å². The van der Waals surface area contributed by atoms with E-state index >= 15 is 0 Å². The Kier molecular flexibility index (Phi) is 6.59. The third-order valence-corrected chi connectivity index (χ3v) is 4.65. The summed E-state index contributed by atoms with van der Waals surface area (Å²) in [5.41, 5.74) is 4.64. The number of benzene rings is 3. The normalized spacial score (nSPS) is 12.3. The molecular formula is C23H20F6N2. The zero-order valence-electron chi connectivity index (χ0n) is 16.6. The summed E-state index contributed by atoms with van der Waals surface area (Å²) in [5, 5.41) is 1.73. The number of anilines is 1. The molecule has 8 heteroatoms. The fourth-order valence-corrected chi connectivity index (χ4v) is 2.98. The predicted octanol–water partition coefficient (Wildman–Crippen LogP) is 7.06. The summed E-state index contributed by atoms with van der Waals surface area (Å²) in [6.45, 7) is 2.58. The van der Waals surface area contributed by atoms with E-state index in [-0.39, 0.29) is 6.54 Å². The Hall–Kier alpha value is -3.00. The van der Waals surface area contributed by atoms with Crippen LogP contribution in [0.1, 0.15) is 27.8 Å². The second-order valence-corrected chi connectivity index (χ2v) is 7.22. The first-order valence-electron chi connectivity index (χ1n) is 9.41. The van der Waals surface area contributed by atoms with Crippen LogP contribution in [0.5, 0.6) is 0 Å². The van der Waals surface area contributed by atoms with E-state index in [9.17, 15) is 26.3 Å². The van der Waals surface area contributed by atoms with Gasteiger partial charge in [-0.05, 0) is 54.4 Å². The SMILES string of the molecule is Cc1ccc(CN(Cc2ccc(C(F)(F)F)cc2)Nc2ccc(C(F)(F)F)cc2)cc1. The maximum Gasteiger partial charge on any atom is 0.416 e. The molecule has 3 rings (SSSR count). The van der Waals surface area contributed by atoms with E-state index in [0.29, 0.717) is 17.8 Å². The average Bonchev–Trinajstić information content (AvgIpc) is 2.69. The predicted molar refractivity (Wildman–Crippen MR) is 107 cm³/mol. The van der Waals surface area contributed by atoms with Crippen LogP contribution in [0.3, 0.4) is 0 Å². The molecule has 1 N–H and O–H groups in total. The third-order valence-electron chi connectivity index (χ3n) is 4.65. The van der Waals surface area contributed by atoms with E-state index in [4.69, 9.17) is 0 Å². The summed E-state index contributed by atoms with van der Waals surface area (Å²) in [6.07, 6.45) is -8.85. The first kappa shape index (κ1) is 22.7. The molecule has 0 aliphatic heterocycles. The topological polar surface area (TPSA) is 15.3 Å². The Balaban J connectivity index is 1.79. The maximum atomic E-state index is 12.8. The quantitative estimate of drug-likeness (QED) is 0.327. The van der Waals surface area contributed by atoms with Crippen molar-refractivity contribution in [3.05, 3.63) is 101 Å². The Labute approximate surface area is 176 Å². The molecule has 0 atom stereocenters. The van der Waals surface area contributed by atoms with Gasteiger partial charge in [0.2, 0.25) is 0 Å². The summed E-state index contributed by atoms with van der Waals surface area (Å²) in [4.78, 5) is 0. The van der Waals surface area contributed by atoms with Gasteiger partial charge < -0.3 is 5.43 Å². The first-order chi connectivity index (χ1) is 14.5. The molecule has 0 radical (unpaired) electrons. The van der Waals surface area contributed by atoms with Crippen LogP contribution in [-0.2, 0) is 25.4 Å². The standard InChI is InChI=1S/C23H20F6N2/c1-16-2-4-17(5-3-16)14-31(15-18-6-8-19(9-7-18)22(24,25)26)30-21-12-10-20(11-13-21)23(27,28)29/h2-13,30H,14-15H2,1H3. The van der Waals surface area contributed by atoms with E-state index in [1.54, 1.807) is 5.01 Å². The minimum atomic E-state index is -4.43. The van der Waals surface area contributed by atoms with E-state index < -0.39 is 23.5 Å². The first-order valence-corrected chi connectivity index (χ1v) is 9.41. The summed E-state index contributed by atoms with van der Waals surface area (Å²) in [7, 11) is 0. The Morgan fingerprint density at radius 3 is 1.42 bits per heavy atom. The molecule has 0 heterocycles. The van der Waals surface area contributed by atoms with Gasteiger partial charge in [0.15, 0.2) is 0 Å². The molecule has 3 aromatic carbocycles. The molecule has 0 aliphatic carbocycles. The molecule has 0 saturated carbocycles. The lowest BCUT2D eigenvalue weighted by Gasteiger charge is -2.25. The van der Waals surface area contributed by atoms with Crippen molar-refractivity contribution in [3.63, 3.8) is 0 Å². The molecule has 31 heavy (non-hydrogen) atoms. The van der Waals surface area contributed by atoms with Crippen molar-refractivity contribution in [2.45, 2.75) is 32.4 Å². The lowest BCUT2D eigenvalue weighted by atomic mass is 10.1. The van der Waals surface area contributed by atoms with Gasteiger partial charge in [-0.2, -0.15) is 26.3 Å². The summed E-state index contributed by atoms with van der Waals surface area (Å²) in [6, 6.07) is 17.1. The summed E-state index contributed by atoms with van der Waals surface area (Å²) in [5.74, 6) is 0. The van der Waals surface area contributed by atoms with Gasteiger partial charge in [-0.25, -0.2) is 5.01 Å². The van der Waals surface area contributed by atoms with Gasteiger partial charge in [0, 0.05) is 18.8 Å². The van der Waals surface area contributed by atoms with Crippen molar-refractivity contribution in [1.82, 2.24) is 5.01 Å². The molecule has 2 nitrogen and oxygen atoms in total. The van der Waals surface area contributed by atoms with Crippen molar-refractivity contribution in [1.29, 1.82) is 0 Å². The number of alkyl halides is 6. The molecule has 0 unspecified atom stereocenters. The molecule has 0 aliphatic rings. The number of nitrogens with zero attached hydrogens (tertiary/aromatic N) is 1. The summed E-state index contributed by atoms with van der Waals surface area (Å²) >= 11 is 0. The Morgan fingerprint density at radius 1 is 0.613 bits per heavy atom. The van der Waals surface area contributed by atoms with Crippen LogP contribution < -0.4 is 5.43 Å². The van der Waals surface area contributed by atoms with E-state index in [1.807, 2.05) is 31.2 Å². The lowest BCUT2D eigenvalue weighted by molar-refractivity contribution is -0.138. The zero-order chi connectivity index (χ0) is 22.6. The van der Waals surface area contributed by atoms with Crippen LogP contribution in [0.15, 0.2) is 72.8 Å². The van der Waals surface area contributed by atoms with Gasteiger partial charge in [0.05, 0.1) is 11.1 Å². The van der Waals surface area contributed by atoms with Crippen LogP contribution in [0.2, 0.25) is 0 Å². The largest absolute Gasteiger partial charge is 0.416 e. The molecule has 164 valence electrons. The smallest absolute Gasteiger partial charge is 0.318 e. The third kappa shape index (κ3) is 6.49. The number of nitrogens with one attached hydrogen (secondary N) is 1. The second-order valence-electron chi connectivity index (χ2n) is 7.22. The highest BCUT2D eigenvalue weighted by Gasteiger charge is 2.30. The number of halogens is 6. The van der Waals surface area contributed by atoms with Gasteiger partial charge in [0.25, 0.3) is 0 Å². The van der Waals surface area contributed by atoms with Gasteiger partial charge in [-0.3, -0.25) is 0 Å². The summed E-state index contributed by atoms with van der Waals surface area (Å²) < 4.78 is 76.8. The number of aryl methyl sites for hydroxylation is 1. The van der Waals surface area contributed by atoms with Crippen LogP contribution in [0, 0.1) is 6.92 Å². The van der Waals surface area contributed by atoms with Crippen molar-refractivity contribution in [2.75, 3.05) is 5.43 Å². The molecule has 0 bridgehead atoms. The van der Waals surface area contributed by atoms with Crippen molar-refractivity contribution in [2.24, 2.45) is 0 Å². The highest BCUT2D eigenvalue weighted by molar-refractivity contribution is 5.44. The zero-order valence-corrected chi connectivity index (χ0v) is 16.6. The number of hydrogen-bond acceptors (Lipinski definition) is 2. The van der Waals surface area contributed by atoms with E-state index in [1.165, 1.54) is 24.3 Å². The Bertz CT molecular complexity index is 916. The van der Waals surface area contributed by atoms with Gasteiger partial charge in [-0.1, -0.05) is 42.0 Å². The van der Waals surface area contributed by atoms with E-state index in [2.05, 4.69) is 5.43 Å². The Morgan fingerprint density at radius 2 is 1.00 bits per heavy atom. The molecular weight excluding hydrogens is 418 g/mol. The van der Waals surface area contributed by atoms with Crippen molar-refractivity contribution >= 4 is 5.69 Å². The highest BCUT2D eigenvalue weighted by atomic mass is 19.4. The monoisotopic (exact) mass is 438 g/mol. The molecule has 0 fully saturated rings. The molecule has 3 aromatic rings. The molecule has 0 aromatic heterocycles. The van der Waals surface area contributed by atoms with Gasteiger partial charge in [-0.15, -0.1) is 0 Å². The number of rotatable bonds is 6. The van der Waals surface area contributed by atoms with Gasteiger partial charge >= 0.3 is 12.4 Å². The van der Waals surface area contributed by atoms with Crippen molar-refractivity contribution < 1.29 is 26.3 Å². The number of hydrazine groups is 1. The maximum absolute atomic E-state index is 12.8. The average molecular weight is 438 g/mol. The molecule has 0 saturated heterocycles. The van der Waals surface area contributed by atoms with Crippen LogP contribution in [0.4, 0.5) is 32.0 Å². The minimum Gasteiger partial charge on any atom is -0.318 e. The van der Waals surface area contributed by atoms with Crippen LogP contribution >= 0.6 is 0 Å². The minimum absolute atomic E-state index is 0.243.